The molecular weight excluding hydrogens is 716 g/mol. The van der Waals surface area contributed by atoms with Crippen LogP contribution in [0.5, 0.6) is 0 Å². The molecule has 2 aromatic carbocycles. The molecule has 2 aliphatic heterocycles. The summed E-state index contributed by atoms with van der Waals surface area (Å²) in [6, 6.07) is 21.4. The molecule has 0 unspecified atom stereocenters. The minimum Gasteiger partial charge on any atom is -0.741 e. The summed E-state index contributed by atoms with van der Waals surface area (Å²) in [5, 5.41) is 7.51. The first-order chi connectivity index (χ1) is 24.0. The molecule has 270 valence electrons. The number of amides is 1. The second-order valence-electron chi connectivity index (χ2n) is 12.6. The number of nitrogens with zero attached hydrogens (tertiary/aromatic N) is 5. The van der Waals surface area contributed by atoms with Crippen molar-refractivity contribution in [1.29, 1.82) is 0 Å². The summed E-state index contributed by atoms with van der Waals surface area (Å²) in [4.78, 5) is 28.0. The largest absolute Gasteiger partial charge is 0.741 e. The molecule has 0 radical (unpaired) electrons. The van der Waals surface area contributed by atoms with Crippen molar-refractivity contribution in [2.45, 2.75) is 73.5 Å². The van der Waals surface area contributed by atoms with Gasteiger partial charge in [0.15, 0.2) is 50.5 Å². The van der Waals surface area contributed by atoms with E-state index < -0.39 is 53.7 Å². The number of esters is 1. The molecule has 4 heterocycles. The van der Waals surface area contributed by atoms with Gasteiger partial charge in [0.1, 0.15) is 15.8 Å². The maximum Gasteiger partial charge on any atom is 0.485 e. The third-order valence-corrected chi connectivity index (χ3v) is 12.6. The lowest BCUT2D eigenvalue weighted by atomic mass is 9.95. The predicted molar refractivity (Wildman–Crippen MR) is 171 cm³/mol. The van der Waals surface area contributed by atoms with E-state index in [0.29, 0.717) is 12.2 Å². The number of benzene rings is 2. The Labute approximate surface area is 291 Å². The first-order valence-electron chi connectivity index (χ1n) is 15.8. The molecule has 4 aromatic rings. The van der Waals surface area contributed by atoms with Crippen LogP contribution < -0.4 is 4.57 Å². The summed E-state index contributed by atoms with van der Waals surface area (Å²) in [6.45, 7) is 1.86. The van der Waals surface area contributed by atoms with E-state index in [1.54, 1.807) is 6.20 Å². The van der Waals surface area contributed by atoms with Gasteiger partial charge in [-0.2, -0.15) is 17.7 Å². The molecular formula is C33H32F3N5O8S2. The van der Waals surface area contributed by atoms with Crippen LogP contribution in [-0.2, 0) is 60.2 Å². The minimum absolute atomic E-state index is 0.152. The normalized spacial score (nSPS) is 22.1. The van der Waals surface area contributed by atoms with Gasteiger partial charge in [-0.15, -0.1) is 5.10 Å². The summed E-state index contributed by atoms with van der Waals surface area (Å²) in [7, 11) is -10.1. The molecule has 18 heteroatoms. The highest BCUT2D eigenvalue weighted by Crippen LogP contribution is 2.47. The molecule has 0 saturated carbocycles. The van der Waals surface area contributed by atoms with Crippen LogP contribution >= 0.6 is 0 Å². The molecule has 7 rings (SSSR count). The molecule has 2 aromatic heterocycles. The average molecular weight is 748 g/mol. The Morgan fingerprint density at radius 3 is 2.24 bits per heavy atom. The van der Waals surface area contributed by atoms with Gasteiger partial charge in [0.25, 0.3) is 0 Å². The zero-order valence-corrected chi connectivity index (χ0v) is 28.6. The van der Waals surface area contributed by atoms with E-state index in [-0.39, 0.29) is 18.9 Å². The van der Waals surface area contributed by atoms with Gasteiger partial charge in [-0.3, -0.25) is 9.48 Å². The first-order valence-corrected chi connectivity index (χ1v) is 18.7. The smallest absolute Gasteiger partial charge is 0.485 e. The Morgan fingerprint density at radius 2 is 1.67 bits per heavy atom. The minimum atomic E-state index is -6.09. The van der Waals surface area contributed by atoms with Gasteiger partial charge in [-0.1, -0.05) is 65.9 Å². The zero-order chi connectivity index (χ0) is 36.8. The number of carbonyl (C=O) groups is 2. The SMILES string of the molecule is C[C@]1(Cn2cc(C[n+]3cccc4c3CCC4)nn2)[C@H](C(=O)OC(c2ccccc2)c2ccccc2)N2C(=O)C[C@H]2S1(=O)=O.O=S(=O)([O-])C(F)(F)F. The van der Waals surface area contributed by atoms with Crippen LogP contribution in [0.3, 0.4) is 0 Å². The van der Waals surface area contributed by atoms with Gasteiger partial charge in [0.05, 0.1) is 19.2 Å². The topological polar surface area (TPSA) is 173 Å². The Bertz CT molecular complexity index is 2130. The number of rotatable bonds is 8. The maximum atomic E-state index is 14.1. The number of ether oxygens (including phenoxy) is 1. The van der Waals surface area contributed by atoms with Gasteiger partial charge in [0, 0.05) is 18.1 Å². The van der Waals surface area contributed by atoms with Crippen molar-refractivity contribution < 1.29 is 53.5 Å². The van der Waals surface area contributed by atoms with E-state index in [1.165, 1.54) is 27.8 Å². The molecule has 1 amide bonds. The van der Waals surface area contributed by atoms with Gasteiger partial charge in [0.2, 0.25) is 5.91 Å². The highest BCUT2D eigenvalue weighted by molar-refractivity contribution is 7.93. The fourth-order valence-corrected chi connectivity index (χ4v) is 9.13. The van der Waals surface area contributed by atoms with E-state index in [2.05, 4.69) is 20.9 Å². The van der Waals surface area contributed by atoms with Gasteiger partial charge in [-0.25, -0.2) is 21.6 Å². The van der Waals surface area contributed by atoms with Crippen LogP contribution in [0.1, 0.15) is 53.9 Å². The summed E-state index contributed by atoms with van der Waals surface area (Å²) >= 11 is 0. The zero-order valence-electron chi connectivity index (χ0n) is 27.0. The third kappa shape index (κ3) is 6.86. The Balaban J connectivity index is 0.000000503. The van der Waals surface area contributed by atoms with E-state index in [1.807, 2.05) is 72.9 Å². The lowest BCUT2D eigenvalue weighted by molar-refractivity contribution is -0.696. The highest BCUT2D eigenvalue weighted by Gasteiger charge is 2.70. The van der Waals surface area contributed by atoms with Crippen LogP contribution in [-0.4, -0.2) is 74.8 Å². The fourth-order valence-electron chi connectivity index (χ4n) is 6.78. The fraction of sp³-hybridized carbons (Fsp3) is 0.364. The quantitative estimate of drug-likeness (QED) is 0.0858. The molecule has 1 aliphatic carbocycles. The first kappa shape index (κ1) is 36.1. The van der Waals surface area contributed by atoms with E-state index in [9.17, 15) is 31.2 Å². The number of sulfone groups is 1. The number of alkyl halides is 3. The summed E-state index contributed by atoms with van der Waals surface area (Å²) in [6.07, 6.45) is 5.99. The number of aryl methyl sites for hydroxylation is 1. The third-order valence-electron chi connectivity index (χ3n) is 9.29. The molecule has 3 aliphatic rings. The van der Waals surface area contributed by atoms with Crippen molar-refractivity contribution in [1.82, 2.24) is 19.9 Å². The second kappa shape index (κ2) is 13.5. The van der Waals surface area contributed by atoms with Crippen LogP contribution in [0.4, 0.5) is 13.2 Å². The molecule has 13 nitrogen and oxygen atoms in total. The molecule has 51 heavy (non-hydrogen) atoms. The lowest BCUT2D eigenvalue weighted by Gasteiger charge is -2.37. The van der Waals surface area contributed by atoms with Crippen LogP contribution in [0.15, 0.2) is 85.2 Å². The number of hydrogen-bond donors (Lipinski definition) is 0. The van der Waals surface area contributed by atoms with Crippen molar-refractivity contribution in [2.75, 3.05) is 0 Å². The van der Waals surface area contributed by atoms with E-state index in [4.69, 9.17) is 17.7 Å². The average Bonchev–Trinajstić information content (AvgIpc) is 3.77. The van der Waals surface area contributed by atoms with Crippen LogP contribution in [0.2, 0.25) is 0 Å². The molecule has 2 saturated heterocycles. The number of aromatic nitrogens is 4. The maximum absolute atomic E-state index is 14.1. The second-order valence-corrected chi connectivity index (χ2v) is 16.6. The van der Waals surface area contributed by atoms with E-state index >= 15 is 0 Å². The van der Waals surface area contributed by atoms with Crippen molar-refractivity contribution in [3.8, 4) is 0 Å². The predicted octanol–water partition coefficient (Wildman–Crippen LogP) is 2.60. The molecule has 0 spiro atoms. The molecule has 0 N–H and O–H groups in total. The number of carbonyl (C=O) groups excluding carboxylic acids is 2. The van der Waals surface area contributed by atoms with Crippen LogP contribution in [0.25, 0.3) is 0 Å². The van der Waals surface area contributed by atoms with Crippen molar-refractivity contribution >= 4 is 31.8 Å². The van der Waals surface area contributed by atoms with E-state index in [0.717, 1.165) is 30.4 Å². The lowest BCUT2D eigenvalue weighted by Crippen LogP contribution is -2.58. The number of β-lactam (4-membered cyclic amide) rings is 1. The van der Waals surface area contributed by atoms with Crippen molar-refractivity contribution in [3.63, 3.8) is 0 Å². The number of hydrogen-bond acceptors (Lipinski definition) is 10. The molecule has 2 fully saturated rings. The number of halogens is 3. The summed E-state index contributed by atoms with van der Waals surface area (Å²) in [5.74, 6) is -1.15. The van der Waals surface area contributed by atoms with Gasteiger partial charge < -0.3 is 14.2 Å². The van der Waals surface area contributed by atoms with Gasteiger partial charge >= 0.3 is 11.5 Å². The Kier molecular flexibility index (Phi) is 9.53. The summed E-state index contributed by atoms with van der Waals surface area (Å²) in [5.41, 5.74) is -0.883. The van der Waals surface area contributed by atoms with Gasteiger partial charge in [-0.05, 0) is 37.0 Å². The van der Waals surface area contributed by atoms with Crippen molar-refractivity contribution in [2.24, 2.45) is 0 Å². The number of pyridine rings is 1. The summed E-state index contributed by atoms with van der Waals surface area (Å²) < 4.78 is 94.8. The number of fused-ring (bicyclic) bond motifs is 2. The molecule has 0 bridgehead atoms. The Morgan fingerprint density at radius 1 is 1.06 bits per heavy atom. The molecule has 3 atom stereocenters. The Hall–Kier alpha value is -4.68. The van der Waals surface area contributed by atoms with Crippen molar-refractivity contribution in [3.05, 3.63) is 113 Å². The standard InChI is InChI=1S/C32H32N5O5S.CHF3O3S/c1-32(21-36-20-25(33-34-36)19-35-17-9-15-22-14-8-16-26(22)35)30(37-27(38)18-28(37)43(32,40)41)31(39)42-29(23-10-4-2-5-11-23)24-12-6-3-7-13-24;2-1(3,4)8(5,6)7/h2-7,9-13,15,17,20,28-30H,8,14,16,18-19,21H2,1H3;(H,5,6,7)/q+1;/p-1/t28-,30+,32+;/m1./s1. The highest BCUT2D eigenvalue weighted by atomic mass is 32.2. The monoisotopic (exact) mass is 747 g/mol. The van der Waals surface area contributed by atoms with Crippen LogP contribution in [0, 0.1) is 0 Å².